The molecule has 4 nitrogen and oxygen atoms in total. The average molecular weight is 529 g/mol. The summed E-state index contributed by atoms with van der Waals surface area (Å²) >= 11 is 0. The molecule has 0 aromatic heterocycles. The molecule has 0 spiro atoms. The van der Waals surface area contributed by atoms with Gasteiger partial charge < -0.3 is 10.6 Å². The van der Waals surface area contributed by atoms with Crippen LogP contribution in [0.4, 0.5) is 0 Å². The second-order valence-corrected chi connectivity index (χ2v) is 9.77. The SMILES string of the molecule is O=C(/C=C(/Cc1ccccc1)NCCN/C(=C/C(=O)Cc1ccccc1)Cc1ccccc1)Cc1ccccc1. The molecule has 0 amide bonds. The summed E-state index contributed by atoms with van der Waals surface area (Å²) < 4.78 is 0. The average Bonchev–Trinajstić information content (AvgIpc) is 2.97. The van der Waals surface area contributed by atoms with Gasteiger partial charge in [0.15, 0.2) is 11.6 Å². The van der Waals surface area contributed by atoms with Crippen LogP contribution in [0.3, 0.4) is 0 Å². The van der Waals surface area contributed by atoms with Gasteiger partial charge in [-0.15, -0.1) is 0 Å². The van der Waals surface area contributed by atoms with Crippen molar-refractivity contribution in [1.82, 2.24) is 10.6 Å². The number of hydrogen-bond acceptors (Lipinski definition) is 4. The fourth-order valence-electron chi connectivity index (χ4n) is 4.49. The summed E-state index contributed by atoms with van der Waals surface area (Å²) in [5.74, 6) is 0.127. The summed E-state index contributed by atoms with van der Waals surface area (Å²) in [5.41, 5.74) is 6.03. The van der Waals surface area contributed by atoms with E-state index in [4.69, 9.17) is 0 Å². The monoisotopic (exact) mass is 528 g/mol. The van der Waals surface area contributed by atoms with Crippen LogP contribution in [0.25, 0.3) is 0 Å². The number of allylic oxidation sites excluding steroid dienone is 4. The van der Waals surface area contributed by atoms with Crippen molar-refractivity contribution in [2.24, 2.45) is 0 Å². The van der Waals surface area contributed by atoms with Gasteiger partial charge in [-0.2, -0.15) is 0 Å². The quantitative estimate of drug-likeness (QED) is 0.146. The Kier molecular flexibility index (Phi) is 11.1. The Morgan fingerprint density at radius 3 is 1.00 bits per heavy atom. The van der Waals surface area contributed by atoms with Gasteiger partial charge in [0, 0.05) is 62.3 Å². The number of benzene rings is 4. The van der Waals surface area contributed by atoms with Gasteiger partial charge >= 0.3 is 0 Å². The van der Waals surface area contributed by atoms with Crippen molar-refractivity contribution in [3.63, 3.8) is 0 Å². The molecule has 4 aromatic rings. The minimum Gasteiger partial charge on any atom is -0.386 e. The van der Waals surface area contributed by atoms with Crippen LogP contribution in [0, 0.1) is 0 Å². The standard InChI is InChI=1S/C36H36N2O2/c39-35(25-31-17-9-3-10-18-31)27-33(23-29-13-5-1-6-14-29)37-21-22-38-34(24-30-15-7-2-8-16-30)28-36(40)26-32-19-11-4-12-20-32/h1-20,27-28,37-38H,21-26H2/b33-27-,34-28+. The zero-order chi connectivity index (χ0) is 27.8. The highest BCUT2D eigenvalue weighted by Crippen LogP contribution is 2.10. The first-order valence-electron chi connectivity index (χ1n) is 13.7. The van der Waals surface area contributed by atoms with E-state index in [0.717, 1.165) is 33.6 Å². The Hall–Kier alpha value is -4.70. The van der Waals surface area contributed by atoms with Crippen molar-refractivity contribution in [2.45, 2.75) is 25.7 Å². The van der Waals surface area contributed by atoms with E-state index in [2.05, 4.69) is 34.9 Å². The molecule has 4 rings (SSSR count). The molecular formula is C36H36N2O2. The first-order chi connectivity index (χ1) is 19.6. The largest absolute Gasteiger partial charge is 0.386 e. The molecule has 0 saturated carbocycles. The van der Waals surface area contributed by atoms with Gasteiger partial charge in [0.25, 0.3) is 0 Å². The summed E-state index contributed by atoms with van der Waals surface area (Å²) in [4.78, 5) is 25.7. The van der Waals surface area contributed by atoms with Crippen molar-refractivity contribution in [3.05, 3.63) is 167 Å². The summed E-state index contributed by atoms with van der Waals surface area (Å²) in [6, 6.07) is 39.9. The van der Waals surface area contributed by atoms with Crippen LogP contribution in [-0.4, -0.2) is 24.7 Å². The number of nitrogens with one attached hydrogen (secondary N) is 2. The van der Waals surface area contributed by atoms with Crippen molar-refractivity contribution in [1.29, 1.82) is 0 Å². The van der Waals surface area contributed by atoms with Gasteiger partial charge in [-0.1, -0.05) is 121 Å². The Morgan fingerprint density at radius 1 is 0.425 bits per heavy atom. The van der Waals surface area contributed by atoms with Crippen LogP contribution < -0.4 is 10.6 Å². The lowest BCUT2D eigenvalue weighted by Crippen LogP contribution is -2.29. The molecule has 0 atom stereocenters. The minimum absolute atomic E-state index is 0.0637. The number of rotatable bonds is 15. The molecule has 4 aromatic carbocycles. The number of carbonyl (C=O) groups is 2. The minimum atomic E-state index is 0.0637. The first-order valence-corrected chi connectivity index (χ1v) is 13.7. The molecule has 0 unspecified atom stereocenters. The van der Waals surface area contributed by atoms with E-state index in [9.17, 15) is 9.59 Å². The normalized spacial score (nSPS) is 11.6. The third-order valence-corrected chi connectivity index (χ3v) is 6.42. The van der Waals surface area contributed by atoms with Gasteiger partial charge in [-0.25, -0.2) is 0 Å². The lowest BCUT2D eigenvalue weighted by atomic mass is 10.1. The van der Waals surface area contributed by atoms with Gasteiger partial charge in [0.2, 0.25) is 0 Å². The lowest BCUT2D eigenvalue weighted by molar-refractivity contribution is -0.114. The third-order valence-electron chi connectivity index (χ3n) is 6.42. The summed E-state index contributed by atoms with van der Waals surface area (Å²) in [6.07, 6.45) is 5.47. The molecule has 0 radical (unpaired) electrons. The molecule has 0 aliphatic rings. The van der Waals surface area contributed by atoms with E-state index in [1.54, 1.807) is 12.2 Å². The van der Waals surface area contributed by atoms with Gasteiger partial charge in [0.1, 0.15) is 0 Å². The Morgan fingerprint density at radius 2 is 0.700 bits per heavy atom. The highest BCUT2D eigenvalue weighted by Gasteiger charge is 2.08. The third kappa shape index (κ3) is 10.2. The van der Waals surface area contributed by atoms with Crippen molar-refractivity contribution in [3.8, 4) is 0 Å². The fraction of sp³-hybridized carbons (Fsp3) is 0.167. The Balaban J connectivity index is 1.40. The van der Waals surface area contributed by atoms with E-state index >= 15 is 0 Å². The molecule has 40 heavy (non-hydrogen) atoms. The zero-order valence-electron chi connectivity index (χ0n) is 22.8. The van der Waals surface area contributed by atoms with Crippen LogP contribution in [0.5, 0.6) is 0 Å². The van der Waals surface area contributed by atoms with Crippen LogP contribution in [0.2, 0.25) is 0 Å². The smallest absolute Gasteiger partial charge is 0.161 e. The van der Waals surface area contributed by atoms with E-state index in [-0.39, 0.29) is 11.6 Å². The van der Waals surface area contributed by atoms with Gasteiger partial charge in [0.05, 0.1) is 0 Å². The molecule has 0 fully saturated rings. The van der Waals surface area contributed by atoms with Crippen LogP contribution in [-0.2, 0) is 35.3 Å². The van der Waals surface area contributed by atoms with E-state index in [1.807, 2.05) is 97.1 Å². The number of ketones is 2. The summed E-state index contributed by atoms with van der Waals surface area (Å²) in [7, 11) is 0. The number of carbonyl (C=O) groups excluding carboxylic acids is 2. The summed E-state index contributed by atoms with van der Waals surface area (Å²) in [6.45, 7) is 1.21. The highest BCUT2D eigenvalue weighted by atomic mass is 16.1. The van der Waals surface area contributed by atoms with Crippen LogP contribution in [0.15, 0.2) is 145 Å². The van der Waals surface area contributed by atoms with Crippen molar-refractivity contribution in [2.75, 3.05) is 13.1 Å². The van der Waals surface area contributed by atoms with Crippen molar-refractivity contribution >= 4 is 11.6 Å². The fourth-order valence-corrected chi connectivity index (χ4v) is 4.49. The number of hydrogen-bond donors (Lipinski definition) is 2. The Labute approximate surface area is 237 Å². The maximum atomic E-state index is 12.8. The lowest BCUT2D eigenvalue weighted by Gasteiger charge is -2.15. The zero-order valence-corrected chi connectivity index (χ0v) is 22.8. The molecule has 0 saturated heterocycles. The van der Waals surface area contributed by atoms with E-state index in [1.165, 1.54) is 0 Å². The van der Waals surface area contributed by atoms with Gasteiger partial charge in [-0.05, 0) is 22.3 Å². The highest BCUT2D eigenvalue weighted by molar-refractivity contribution is 5.92. The van der Waals surface area contributed by atoms with Crippen LogP contribution >= 0.6 is 0 Å². The molecular weight excluding hydrogens is 492 g/mol. The van der Waals surface area contributed by atoms with E-state index < -0.39 is 0 Å². The summed E-state index contributed by atoms with van der Waals surface area (Å²) in [5, 5.41) is 6.93. The second-order valence-electron chi connectivity index (χ2n) is 9.77. The predicted octanol–water partition coefficient (Wildman–Crippen LogP) is 6.04. The molecule has 0 heterocycles. The molecule has 2 N–H and O–H groups in total. The molecule has 202 valence electrons. The Bertz CT molecular complexity index is 1290. The van der Waals surface area contributed by atoms with Crippen LogP contribution in [0.1, 0.15) is 22.3 Å². The molecule has 0 aliphatic carbocycles. The molecule has 0 bridgehead atoms. The maximum absolute atomic E-state index is 12.8. The maximum Gasteiger partial charge on any atom is 0.161 e. The van der Waals surface area contributed by atoms with E-state index in [0.29, 0.717) is 38.8 Å². The molecule has 4 heteroatoms. The van der Waals surface area contributed by atoms with Gasteiger partial charge in [-0.3, -0.25) is 9.59 Å². The first kappa shape index (κ1) is 28.3. The van der Waals surface area contributed by atoms with Crippen molar-refractivity contribution < 1.29 is 9.59 Å². The molecule has 0 aliphatic heterocycles. The second kappa shape index (κ2) is 15.6. The topological polar surface area (TPSA) is 58.2 Å². The predicted molar refractivity (Wildman–Crippen MR) is 163 cm³/mol.